The lowest BCUT2D eigenvalue weighted by Gasteiger charge is -2.09. The number of carbonyl (C=O) groups is 2. The monoisotopic (exact) mass is 304 g/mol. The molecule has 104 valence electrons. The molecule has 19 heavy (non-hydrogen) atoms. The van der Waals surface area contributed by atoms with Crippen molar-refractivity contribution < 1.29 is 14.7 Å². The standard InChI is InChI=1S/C12H14Cl2N2O3/c1-6(17)5-15-11(18)12(19)16-8-3-9(13)7(2)10(14)4-8/h3-4,6,17H,5H2,1-2H3,(H,15,18)(H,16,19). The van der Waals surface area contributed by atoms with Gasteiger partial charge in [0.2, 0.25) is 0 Å². The van der Waals surface area contributed by atoms with Crippen molar-refractivity contribution in [2.24, 2.45) is 0 Å². The van der Waals surface area contributed by atoms with E-state index < -0.39 is 17.9 Å². The number of nitrogens with one attached hydrogen (secondary N) is 2. The fourth-order valence-corrected chi connectivity index (χ4v) is 1.71. The van der Waals surface area contributed by atoms with E-state index in [0.717, 1.165) is 0 Å². The van der Waals surface area contributed by atoms with Gasteiger partial charge >= 0.3 is 11.8 Å². The number of hydrogen-bond acceptors (Lipinski definition) is 3. The van der Waals surface area contributed by atoms with Crippen molar-refractivity contribution in [3.8, 4) is 0 Å². The van der Waals surface area contributed by atoms with E-state index >= 15 is 0 Å². The van der Waals surface area contributed by atoms with Crippen LogP contribution in [0, 0.1) is 6.92 Å². The van der Waals surface area contributed by atoms with Gasteiger partial charge in [0.15, 0.2) is 0 Å². The van der Waals surface area contributed by atoms with Crippen molar-refractivity contribution in [3.05, 3.63) is 27.7 Å². The second-order valence-electron chi connectivity index (χ2n) is 4.08. The molecule has 0 bridgehead atoms. The second-order valence-corrected chi connectivity index (χ2v) is 4.89. The van der Waals surface area contributed by atoms with Gasteiger partial charge in [0.1, 0.15) is 0 Å². The average molecular weight is 305 g/mol. The first-order chi connectivity index (χ1) is 8.81. The third-order valence-corrected chi connectivity index (χ3v) is 3.09. The molecule has 1 atom stereocenters. The van der Waals surface area contributed by atoms with Gasteiger partial charge in [0, 0.05) is 22.3 Å². The lowest BCUT2D eigenvalue weighted by atomic mass is 10.2. The number of rotatable bonds is 3. The Morgan fingerprint density at radius 1 is 1.26 bits per heavy atom. The normalized spacial score (nSPS) is 11.8. The molecule has 1 aromatic carbocycles. The van der Waals surface area contributed by atoms with Crippen LogP contribution in [0.2, 0.25) is 10.0 Å². The highest BCUT2D eigenvalue weighted by Crippen LogP contribution is 2.27. The van der Waals surface area contributed by atoms with Crippen LogP contribution in [0.15, 0.2) is 12.1 Å². The molecule has 1 unspecified atom stereocenters. The third-order valence-electron chi connectivity index (χ3n) is 2.30. The Balaban J connectivity index is 2.69. The molecule has 0 saturated carbocycles. The minimum atomic E-state index is -0.850. The SMILES string of the molecule is Cc1c(Cl)cc(NC(=O)C(=O)NCC(C)O)cc1Cl. The molecule has 1 aromatic rings. The zero-order chi connectivity index (χ0) is 14.6. The number of hydrogen-bond donors (Lipinski definition) is 3. The average Bonchev–Trinajstić information content (AvgIpc) is 2.32. The molecule has 0 aromatic heterocycles. The topological polar surface area (TPSA) is 78.4 Å². The van der Waals surface area contributed by atoms with Crippen molar-refractivity contribution in [1.29, 1.82) is 0 Å². The van der Waals surface area contributed by atoms with Crippen LogP contribution in [0.5, 0.6) is 0 Å². The summed E-state index contributed by atoms with van der Waals surface area (Å²) in [5.41, 5.74) is 1.03. The second kappa shape index (κ2) is 6.75. The molecule has 7 heteroatoms. The highest BCUT2D eigenvalue weighted by Gasteiger charge is 2.15. The summed E-state index contributed by atoms with van der Waals surface area (Å²) >= 11 is 11.8. The Morgan fingerprint density at radius 3 is 2.26 bits per heavy atom. The fraction of sp³-hybridized carbons (Fsp3) is 0.333. The molecule has 0 aliphatic rings. The maximum atomic E-state index is 11.5. The lowest BCUT2D eigenvalue weighted by Crippen LogP contribution is -2.38. The van der Waals surface area contributed by atoms with Crippen molar-refractivity contribution >= 4 is 40.7 Å². The molecule has 5 nitrogen and oxygen atoms in total. The number of halogens is 2. The van der Waals surface area contributed by atoms with Gasteiger partial charge in [0.25, 0.3) is 0 Å². The molecule has 0 saturated heterocycles. The summed E-state index contributed by atoms with van der Waals surface area (Å²) in [7, 11) is 0. The Labute approximate surface area is 120 Å². The van der Waals surface area contributed by atoms with Crippen LogP contribution < -0.4 is 10.6 Å². The summed E-state index contributed by atoms with van der Waals surface area (Å²) in [6, 6.07) is 3.01. The summed E-state index contributed by atoms with van der Waals surface area (Å²) in [6.07, 6.45) is -0.722. The molecule has 0 aliphatic heterocycles. The van der Waals surface area contributed by atoms with Crippen LogP contribution in [0.4, 0.5) is 5.69 Å². The summed E-state index contributed by atoms with van der Waals surface area (Å²) in [6.45, 7) is 3.24. The molecular weight excluding hydrogens is 291 g/mol. The van der Waals surface area contributed by atoms with Crippen molar-refractivity contribution in [2.75, 3.05) is 11.9 Å². The molecule has 2 amide bonds. The maximum absolute atomic E-state index is 11.5. The summed E-state index contributed by atoms with van der Waals surface area (Å²) in [5, 5.41) is 14.4. The van der Waals surface area contributed by atoms with Gasteiger partial charge < -0.3 is 15.7 Å². The van der Waals surface area contributed by atoms with Gasteiger partial charge in [-0.3, -0.25) is 9.59 Å². The van der Waals surface area contributed by atoms with Gasteiger partial charge in [-0.05, 0) is 31.5 Å². The Bertz CT molecular complexity index is 481. The quantitative estimate of drug-likeness (QED) is 0.744. The molecule has 0 aliphatic carbocycles. The predicted octanol–water partition coefficient (Wildman–Crippen LogP) is 1.74. The highest BCUT2D eigenvalue weighted by molar-refractivity contribution is 6.40. The van der Waals surface area contributed by atoms with E-state index in [0.29, 0.717) is 21.3 Å². The smallest absolute Gasteiger partial charge is 0.313 e. The van der Waals surface area contributed by atoms with Gasteiger partial charge in [-0.1, -0.05) is 23.2 Å². The molecule has 3 N–H and O–H groups in total. The molecule has 0 spiro atoms. The number of anilines is 1. The largest absolute Gasteiger partial charge is 0.392 e. The highest BCUT2D eigenvalue weighted by atomic mass is 35.5. The van der Waals surface area contributed by atoms with Crippen LogP contribution in [0.25, 0.3) is 0 Å². The number of carbonyl (C=O) groups excluding carboxylic acids is 2. The molecular formula is C12H14Cl2N2O3. The van der Waals surface area contributed by atoms with Gasteiger partial charge in [-0.25, -0.2) is 0 Å². The van der Waals surface area contributed by atoms with Crippen LogP contribution in [0.3, 0.4) is 0 Å². The van der Waals surface area contributed by atoms with Crippen molar-refractivity contribution in [3.63, 3.8) is 0 Å². The lowest BCUT2D eigenvalue weighted by molar-refractivity contribution is -0.136. The molecule has 0 radical (unpaired) electrons. The zero-order valence-corrected chi connectivity index (χ0v) is 12.0. The number of benzene rings is 1. The van der Waals surface area contributed by atoms with E-state index in [1.807, 2.05) is 0 Å². The fourth-order valence-electron chi connectivity index (χ4n) is 1.23. The third kappa shape index (κ3) is 4.70. The van der Waals surface area contributed by atoms with Crippen LogP contribution in [-0.4, -0.2) is 29.6 Å². The zero-order valence-electron chi connectivity index (χ0n) is 10.5. The minimum Gasteiger partial charge on any atom is -0.392 e. The first-order valence-electron chi connectivity index (χ1n) is 5.54. The Kier molecular flexibility index (Phi) is 5.60. The van der Waals surface area contributed by atoms with E-state index in [2.05, 4.69) is 10.6 Å². The van der Waals surface area contributed by atoms with E-state index in [4.69, 9.17) is 28.3 Å². The summed E-state index contributed by atoms with van der Waals surface area (Å²) in [5.74, 6) is -1.69. The Morgan fingerprint density at radius 2 is 1.79 bits per heavy atom. The predicted molar refractivity (Wildman–Crippen MR) is 74.5 cm³/mol. The van der Waals surface area contributed by atoms with E-state index in [9.17, 15) is 9.59 Å². The summed E-state index contributed by atoms with van der Waals surface area (Å²) < 4.78 is 0. The van der Waals surface area contributed by atoms with Crippen LogP contribution in [0.1, 0.15) is 12.5 Å². The number of amides is 2. The van der Waals surface area contributed by atoms with Crippen molar-refractivity contribution in [1.82, 2.24) is 5.32 Å². The molecule has 1 rings (SSSR count). The van der Waals surface area contributed by atoms with Crippen molar-refractivity contribution in [2.45, 2.75) is 20.0 Å². The van der Waals surface area contributed by atoms with Gasteiger partial charge in [0.05, 0.1) is 6.10 Å². The Hall–Kier alpha value is -1.30. The van der Waals surface area contributed by atoms with Gasteiger partial charge in [-0.2, -0.15) is 0 Å². The van der Waals surface area contributed by atoms with E-state index in [1.54, 1.807) is 6.92 Å². The maximum Gasteiger partial charge on any atom is 0.313 e. The van der Waals surface area contributed by atoms with Crippen LogP contribution in [-0.2, 0) is 9.59 Å². The van der Waals surface area contributed by atoms with E-state index in [1.165, 1.54) is 19.1 Å². The molecule has 0 fully saturated rings. The minimum absolute atomic E-state index is 0.00165. The number of aliphatic hydroxyl groups excluding tert-OH is 1. The first kappa shape index (κ1) is 15.8. The van der Waals surface area contributed by atoms with Gasteiger partial charge in [-0.15, -0.1) is 0 Å². The first-order valence-corrected chi connectivity index (χ1v) is 6.29. The van der Waals surface area contributed by atoms with Crippen LogP contribution >= 0.6 is 23.2 Å². The summed E-state index contributed by atoms with van der Waals surface area (Å²) in [4.78, 5) is 22.9. The number of aliphatic hydroxyl groups is 1. The molecule has 0 heterocycles. The van der Waals surface area contributed by atoms with E-state index in [-0.39, 0.29) is 6.54 Å².